The van der Waals surface area contributed by atoms with Gasteiger partial charge in [0, 0.05) is 13.1 Å². The van der Waals surface area contributed by atoms with E-state index in [4.69, 9.17) is 10.8 Å². The van der Waals surface area contributed by atoms with Crippen LogP contribution in [0.4, 0.5) is 0 Å². The van der Waals surface area contributed by atoms with Gasteiger partial charge in [0.15, 0.2) is 0 Å². The summed E-state index contributed by atoms with van der Waals surface area (Å²) in [7, 11) is 0. The average molecular weight is 242 g/mol. The summed E-state index contributed by atoms with van der Waals surface area (Å²) in [5.41, 5.74) is 5.82. The van der Waals surface area contributed by atoms with Gasteiger partial charge in [-0.3, -0.25) is 9.59 Å². The Kier molecular flexibility index (Phi) is 5.41. The molecule has 0 bridgehead atoms. The van der Waals surface area contributed by atoms with Gasteiger partial charge < -0.3 is 15.7 Å². The Hall–Kier alpha value is -1.10. The third-order valence-electron chi connectivity index (χ3n) is 3.27. The van der Waals surface area contributed by atoms with Crippen LogP contribution >= 0.6 is 0 Å². The first-order valence-electron chi connectivity index (χ1n) is 6.33. The number of carboxylic acid groups (broad SMARTS) is 1. The van der Waals surface area contributed by atoms with Crippen molar-refractivity contribution in [3.05, 3.63) is 0 Å². The van der Waals surface area contributed by atoms with Gasteiger partial charge in [0.2, 0.25) is 5.91 Å². The van der Waals surface area contributed by atoms with Crippen molar-refractivity contribution < 1.29 is 14.7 Å². The highest BCUT2D eigenvalue weighted by molar-refractivity contribution is 5.82. The average Bonchev–Trinajstić information content (AvgIpc) is 2.35. The Balaban J connectivity index is 2.48. The van der Waals surface area contributed by atoms with Crippen LogP contribution in [0.15, 0.2) is 0 Å². The Morgan fingerprint density at radius 3 is 2.82 bits per heavy atom. The van der Waals surface area contributed by atoms with E-state index in [2.05, 4.69) is 6.92 Å². The second-order valence-corrected chi connectivity index (χ2v) is 4.71. The van der Waals surface area contributed by atoms with Gasteiger partial charge in [0.1, 0.15) is 0 Å². The Morgan fingerprint density at radius 1 is 1.53 bits per heavy atom. The highest BCUT2D eigenvalue weighted by atomic mass is 16.4. The van der Waals surface area contributed by atoms with Gasteiger partial charge >= 0.3 is 5.97 Å². The van der Waals surface area contributed by atoms with E-state index in [1.807, 2.05) is 0 Å². The quantitative estimate of drug-likeness (QED) is 0.748. The van der Waals surface area contributed by atoms with E-state index in [0.29, 0.717) is 25.9 Å². The summed E-state index contributed by atoms with van der Waals surface area (Å²) in [5.74, 6) is -1.33. The molecule has 0 radical (unpaired) electrons. The molecule has 0 aromatic carbocycles. The van der Waals surface area contributed by atoms with Crippen LogP contribution < -0.4 is 5.73 Å². The Morgan fingerprint density at radius 2 is 2.24 bits per heavy atom. The molecule has 2 atom stereocenters. The van der Waals surface area contributed by atoms with Gasteiger partial charge in [-0.05, 0) is 19.3 Å². The van der Waals surface area contributed by atoms with Gasteiger partial charge in [-0.1, -0.05) is 19.8 Å². The van der Waals surface area contributed by atoms with Crippen LogP contribution in [0.1, 0.15) is 39.0 Å². The number of aliphatic carboxylic acids is 1. The number of nitrogens with two attached hydrogens (primary N) is 1. The molecule has 0 aromatic rings. The first-order chi connectivity index (χ1) is 8.06. The van der Waals surface area contributed by atoms with Gasteiger partial charge in [-0.25, -0.2) is 0 Å². The summed E-state index contributed by atoms with van der Waals surface area (Å²) in [4.78, 5) is 24.5. The van der Waals surface area contributed by atoms with Crippen LogP contribution in [0, 0.1) is 5.92 Å². The first-order valence-corrected chi connectivity index (χ1v) is 6.33. The Labute approximate surface area is 102 Å². The fourth-order valence-electron chi connectivity index (χ4n) is 2.16. The molecule has 1 aliphatic rings. The van der Waals surface area contributed by atoms with Gasteiger partial charge in [-0.15, -0.1) is 0 Å². The van der Waals surface area contributed by atoms with E-state index in [9.17, 15) is 9.59 Å². The molecule has 1 saturated heterocycles. The summed E-state index contributed by atoms with van der Waals surface area (Å²) in [6, 6.07) is -0.470. The second kappa shape index (κ2) is 6.59. The number of amides is 1. The molecule has 5 heteroatoms. The molecule has 98 valence electrons. The molecular weight excluding hydrogens is 220 g/mol. The summed E-state index contributed by atoms with van der Waals surface area (Å²) in [6.07, 6.45) is 4.04. The Bertz CT molecular complexity index is 281. The molecule has 17 heavy (non-hydrogen) atoms. The number of rotatable bonds is 5. The molecule has 1 aliphatic heterocycles. The number of hydrogen-bond acceptors (Lipinski definition) is 3. The number of nitrogens with zero attached hydrogens (tertiary/aromatic N) is 1. The minimum absolute atomic E-state index is 0.0931. The smallest absolute Gasteiger partial charge is 0.308 e. The summed E-state index contributed by atoms with van der Waals surface area (Å²) in [5, 5.41) is 8.95. The molecule has 5 nitrogen and oxygen atoms in total. The van der Waals surface area contributed by atoms with Crippen molar-refractivity contribution in [1.29, 1.82) is 0 Å². The van der Waals surface area contributed by atoms with Crippen LogP contribution in [-0.2, 0) is 9.59 Å². The third-order valence-corrected chi connectivity index (χ3v) is 3.27. The number of hydrogen-bond donors (Lipinski definition) is 2. The van der Waals surface area contributed by atoms with Gasteiger partial charge in [0.25, 0.3) is 0 Å². The topological polar surface area (TPSA) is 83.6 Å². The van der Waals surface area contributed by atoms with Crippen molar-refractivity contribution >= 4 is 11.9 Å². The standard InChI is InChI=1S/C12H22N2O3/c1-2-3-6-10(13)11(15)14-7-4-5-9(8-14)12(16)17/h9-10H,2-8,13H2,1H3,(H,16,17)/t9-,10?/m1/s1. The first kappa shape index (κ1) is 14.0. The SMILES string of the molecule is CCCCC(N)C(=O)N1CCC[C@@H](C(=O)O)C1. The number of likely N-dealkylation sites (tertiary alicyclic amines) is 1. The van der Waals surface area contributed by atoms with E-state index < -0.39 is 17.9 Å². The van der Waals surface area contributed by atoms with Crippen molar-refractivity contribution in [3.63, 3.8) is 0 Å². The number of carboxylic acids is 1. The minimum Gasteiger partial charge on any atom is -0.481 e. The normalized spacial score (nSPS) is 22.2. The molecule has 0 aliphatic carbocycles. The fraction of sp³-hybridized carbons (Fsp3) is 0.833. The lowest BCUT2D eigenvalue weighted by atomic mass is 9.97. The van der Waals surface area contributed by atoms with Crippen LogP contribution in [0.2, 0.25) is 0 Å². The fourth-order valence-corrected chi connectivity index (χ4v) is 2.16. The number of piperidine rings is 1. The second-order valence-electron chi connectivity index (χ2n) is 4.71. The van der Waals surface area contributed by atoms with E-state index in [0.717, 1.165) is 19.3 Å². The van der Waals surface area contributed by atoms with E-state index in [1.54, 1.807) is 4.90 Å². The summed E-state index contributed by atoms with van der Waals surface area (Å²) in [6.45, 7) is 3.01. The third kappa shape index (κ3) is 4.00. The van der Waals surface area contributed by atoms with Crippen LogP contribution in [0.5, 0.6) is 0 Å². The molecule has 1 unspecified atom stereocenters. The van der Waals surface area contributed by atoms with E-state index in [1.165, 1.54) is 0 Å². The van der Waals surface area contributed by atoms with Crippen LogP contribution in [-0.4, -0.2) is 41.0 Å². The monoisotopic (exact) mass is 242 g/mol. The molecule has 0 spiro atoms. The molecule has 0 aromatic heterocycles. The lowest BCUT2D eigenvalue weighted by Gasteiger charge is -2.32. The zero-order valence-corrected chi connectivity index (χ0v) is 10.4. The number of unbranched alkanes of at least 4 members (excludes halogenated alkanes) is 1. The zero-order chi connectivity index (χ0) is 12.8. The van der Waals surface area contributed by atoms with Gasteiger partial charge in [0.05, 0.1) is 12.0 Å². The number of carbonyl (C=O) groups is 2. The van der Waals surface area contributed by atoms with E-state index >= 15 is 0 Å². The maximum absolute atomic E-state index is 12.0. The van der Waals surface area contributed by atoms with Crippen molar-refractivity contribution in [3.8, 4) is 0 Å². The van der Waals surface area contributed by atoms with E-state index in [-0.39, 0.29) is 5.91 Å². The van der Waals surface area contributed by atoms with Crippen molar-refractivity contribution in [2.45, 2.75) is 45.1 Å². The van der Waals surface area contributed by atoms with Crippen LogP contribution in [0.25, 0.3) is 0 Å². The van der Waals surface area contributed by atoms with Crippen molar-refractivity contribution in [1.82, 2.24) is 4.90 Å². The molecule has 3 N–H and O–H groups in total. The predicted octanol–water partition coefficient (Wildman–Crippen LogP) is 0.827. The summed E-state index contributed by atoms with van der Waals surface area (Å²) >= 11 is 0. The molecular formula is C12H22N2O3. The largest absolute Gasteiger partial charge is 0.481 e. The van der Waals surface area contributed by atoms with Crippen molar-refractivity contribution in [2.75, 3.05) is 13.1 Å². The molecule has 1 rings (SSSR count). The molecule has 1 amide bonds. The zero-order valence-electron chi connectivity index (χ0n) is 10.4. The molecule has 1 fully saturated rings. The van der Waals surface area contributed by atoms with Crippen molar-refractivity contribution in [2.24, 2.45) is 11.7 Å². The lowest BCUT2D eigenvalue weighted by Crippen LogP contribution is -2.49. The highest BCUT2D eigenvalue weighted by Crippen LogP contribution is 2.17. The van der Waals surface area contributed by atoms with Crippen LogP contribution in [0.3, 0.4) is 0 Å². The number of carbonyl (C=O) groups excluding carboxylic acids is 1. The molecule has 1 heterocycles. The minimum atomic E-state index is -0.815. The lowest BCUT2D eigenvalue weighted by molar-refractivity contribution is -0.146. The summed E-state index contributed by atoms with van der Waals surface area (Å²) < 4.78 is 0. The molecule has 0 saturated carbocycles. The van der Waals surface area contributed by atoms with Gasteiger partial charge in [-0.2, -0.15) is 0 Å². The predicted molar refractivity (Wildman–Crippen MR) is 64.4 cm³/mol. The maximum Gasteiger partial charge on any atom is 0.308 e. The maximum atomic E-state index is 12.0. The highest BCUT2D eigenvalue weighted by Gasteiger charge is 2.30.